The minimum Gasteiger partial charge on any atom is -0.383 e. The fourth-order valence-corrected chi connectivity index (χ4v) is 2.79. The minimum atomic E-state index is -0.531. The Hall–Kier alpha value is -2.04. The molecule has 2 aromatic rings. The number of ether oxygens (including phenoxy) is 1. The molecule has 0 saturated heterocycles. The summed E-state index contributed by atoms with van der Waals surface area (Å²) in [6, 6.07) is 15.6. The minimum absolute atomic E-state index is 0.470. The smallest absolute Gasteiger partial charge is 0.187 e. The summed E-state index contributed by atoms with van der Waals surface area (Å²) >= 11 is 5.97. The molecule has 22 heavy (non-hydrogen) atoms. The lowest BCUT2D eigenvalue weighted by Crippen LogP contribution is -2.44. The maximum Gasteiger partial charge on any atom is 0.187 e. The van der Waals surface area contributed by atoms with E-state index in [1.807, 2.05) is 53.4 Å². The standard InChI is InChI=1S/C17H17ClN2O2/c18-14-5-3-6-15(10-14)19-8-9-20-16-7-2-1-4-13(16)12-22-17(20)11-21/h1-7,10-11,17,19H,8-9,12H2. The van der Waals surface area contributed by atoms with Crippen molar-refractivity contribution in [3.8, 4) is 0 Å². The average Bonchev–Trinajstić information content (AvgIpc) is 2.55. The van der Waals surface area contributed by atoms with E-state index < -0.39 is 6.23 Å². The maximum atomic E-state index is 11.3. The van der Waals surface area contributed by atoms with Crippen molar-refractivity contribution in [3.05, 3.63) is 59.1 Å². The highest BCUT2D eigenvalue weighted by atomic mass is 35.5. The summed E-state index contributed by atoms with van der Waals surface area (Å²) < 4.78 is 5.60. The van der Waals surface area contributed by atoms with Crippen molar-refractivity contribution in [2.24, 2.45) is 0 Å². The molecule has 1 N–H and O–H groups in total. The van der Waals surface area contributed by atoms with Crippen molar-refractivity contribution < 1.29 is 9.53 Å². The molecule has 0 radical (unpaired) electrons. The van der Waals surface area contributed by atoms with Crippen LogP contribution in [0.15, 0.2) is 48.5 Å². The van der Waals surface area contributed by atoms with Crippen molar-refractivity contribution in [3.63, 3.8) is 0 Å². The third-order valence-corrected chi connectivity index (χ3v) is 3.88. The van der Waals surface area contributed by atoms with Crippen molar-refractivity contribution in [1.29, 1.82) is 0 Å². The van der Waals surface area contributed by atoms with Crippen molar-refractivity contribution in [2.75, 3.05) is 23.3 Å². The monoisotopic (exact) mass is 316 g/mol. The Balaban J connectivity index is 1.69. The highest BCUT2D eigenvalue weighted by Gasteiger charge is 2.25. The van der Waals surface area contributed by atoms with Crippen molar-refractivity contribution >= 4 is 29.3 Å². The summed E-state index contributed by atoms with van der Waals surface area (Å²) in [6.07, 6.45) is 0.311. The van der Waals surface area contributed by atoms with Crippen LogP contribution in [-0.2, 0) is 16.1 Å². The number of hydrogen-bond acceptors (Lipinski definition) is 4. The van der Waals surface area contributed by atoms with Gasteiger partial charge in [0.05, 0.1) is 6.61 Å². The predicted octanol–water partition coefficient (Wildman–Crippen LogP) is 3.31. The molecule has 0 saturated carbocycles. The Morgan fingerprint density at radius 1 is 1.27 bits per heavy atom. The molecule has 1 aliphatic heterocycles. The molecular formula is C17H17ClN2O2. The first-order valence-electron chi connectivity index (χ1n) is 7.19. The van der Waals surface area contributed by atoms with Crippen LogP contribution in [-0.4, -0.2) is 25.6 Å². The van der Waals surface area contributed by atoms with E-state index in [2.05, 4.69) is 5.32 Å². The third-order valence-electron chi connectivity index (χ3n) is 3.64. The summed E-state index contributed by atoms with van der Waals surface area (Å²) in [6.45, 7) is 1.81. The van der Waals surface area contributed by atoms with E-state index in [1.54, 1.807) is 0 Å². The first-order valence-corrected chi connectivity index (χ1v) is 7.56. The summed E-state index contributed by atoms with van der Waals surface area (Å²) in [5.74, 6) is 0. The van der Waals surface area contributed by atoms with Gasteiger partial charge in [-0.25, -0.2) is 0 Å². The zero-order valence-corrected chi connectivity index (χ0v) is 12.8. The number of halogens is 1. The third kappa shape index (κ3) is 3.24. The van der Waals surface area contributed by atoms with Gasteiger partial charge in [0.15, 0.2) is 12.5 Å². The molecule has 1 aliphatic rings. The molecule has 0 spiro atoms. The van der Waals surface area contributed by atoms with Gasteiger partial charge in [0, 0.05) is 35.1 Å². The number of rotatable bonds is 5. The topological polar surface area (TPSA) is 41.6 Å². The van der Waals surface area contributed by atoms with Gasteiger partial charge < -0.3 is 15.0 Å². The second kappa shape index (κ2) is 6.81. The van der Waals surface area contributed by atoms with Gasteiger partial charge in [-0.3, -0.25) is 4.79 Å². The summed E-state index contributed by atoms with van der Waals surface area (Å²) in [5, 5.41) is 4.01. The lowest BCUT2D eigenvalue weighted by atomic mass is 10.1. The van der Waals surface area contributed by atoms with Crippen molar-refractivity contribution in [2.45, 2.75) is 12.8 Å². The lowest BCUT2D eigenvalue weighted by Gasteiger charge is -2.35. The predicted molar refractivity (Wildman–Crippen MR) is 88.4 cm³/mol. The van der Waals surface area contributed by atoms with Crippen LogP contribution in [0.2, 0.25) is 5.02 Å². The quantitative estimate of drug-likeness (QED) is 0.859. The van der Waals surface area contributed by atoms with Crippen LogP contribution in [0.25, 0.3) is 0 Å². The van der Waals surface area contributed by atoms with Crippen LogP contribution in [0, 0.1) is 0 Å². The molecule has 1 heterocycles. The summed E-state index contributed by atoms with van der Waals surface area (Å²) in [7, 11) is 0. The molecule has 2 aromatic carbocycles. The number of aldehydes is 1. The van der Waals surface area contributed by atoms with E-state index in [4.69, 9.17) is 16.3 Å². The molecular weight excluding hydrogens is 300 g/mol. The Kier molecular flexibility index (Phi) is 4.61. The highest BCUT2D eigenvalue weighted by Crippen LogP contribution is 2.28. The molecule has 4 nitrogen and oxygen atoms in total. The van der Waals surface area contributed by atoms with Gasteiger partial charge in [-0.2, -0.15) is 0 Å². The molecule has 0 bridgehead atoms. The number of hydrogen-bond donors (Lipinski definition) is 1. The lowest BCUT2D eigenvalue weighted by molar-refractivity contribution is -0.119. The molecule has 1 atom stereocenters. The number of nitrogens with zero attached hydrogens (tertiary/aromatic N) is 1. The average molecular weight is 317 g/mol. The van der Waals surface area contributed by atoms with Crippen LogP contribution < -0.4 is 10.2 Å². The number of carbonyl (C=O) groups is 1. The van der Waals surface area contributed by atoms with Crippen molar-refractivity contribution in [1.82, 2.24) is 0 Å². The molecule has 114 valence electrons. The number of fused-ring (bicyclic) bond motifs is 1. The van der Waals surface area contributed by atoms with E-state index in [0.29, 0.717) is 24.7 Å². The largest absolute Gasteiger partial charge is 0.383 e. The fraction of sp³-hybridized carbons (Fsp3) is 0.235. The second-order valence-electron chi connectivity index (χ2n) is 5.10. The Labute approximate surface area is 134 Å². The van der Waals surface area contributed by atoms with Crippen LogP contribution in [0.3, 0.4) is 0 Å². The van der Waals surface area contributed by atoms with Crippen LogP contribution in [0.4, 0.5) is 11.4 Å². The van der Waals surface area contributed by atoms with Gasteiger partial charge in [0.25, 0.3) is 0 Å². The molecule has 0 amide bonds. The molecule has 1 unspecified atom stereocenters. The molecule has 0 aliphatic carbocycles. The van der Waals surface area contributed by atoms with E-state index in [1.165, 1.54) is 0 Å². The zero-order chi connectivity index (χ0) is 15.4. The Morgan fingerprint density at radius 2 is 2.14 bits per heavy atom. The number of carbonyl (C=O) groups excluding carboxylic acids is 1. The zero-order valence-electron chi connectivity index (χ0n) is 12.0. The second-order valence-corrected chi connectivity index (χ2v) is 5.53. The molecule has 3 rings (SSSR count). The van der Waals surface area contributed by atoms with Gasteiger partial charge in [-0.15, -0.1) is 0 Å². The number of benzene rings is 2. The van der Waals surface area contributed by atoms with Crippen LogP contribution in [0.1, 0.15) is 5.56 Å². The van der Waals surface area contributed by atoms with Gasteiger partial charge >= 0.3 is 0 Å². The van der Waals surface area contributed by atoms with E-state index in [9.17, 15) is 4.79 Å². The molecule has 0 fully saturated rings. The normalized spacial score (nSPS) is 17.0. The van der Waals surface area contributed by atoms with Gasteiger partial charge in [-0.1, -0.05) is 35.9 Å². The number of para-hydroxylation sites is 1. The fourth-order valence-electron chi connectivity index (χ4n) is 2.59. The van der Waals surface area contributed by atoms with E-state index in [0.717, 1.165) is 23.2 Å². The Bertz CT molecular complexity index is 663. The van der Waals surface area contributed by atoms with Gasteiger partial charge in [0.2, 0.25) is 0 Å². The summed E-state index contributed by atoms with van der Waals surface area (Å²) in [5.41, 5.74) is 3.11. The van der Waals surface area contributed by atoms with Gasteiger partial charge in [-0.05, 0) is 24.3 Å². The highest BCUT2D eigenvalue weighted by molar-refractivity contribution is 6.30. The molecule has 0 aromatic heterocycles. The van der Waals surface area contributed by atoms with Crippen LogP contribution in [0.5, 0.6) is 0 Å². The van der Waals surface area contributed by atoms with E-state index in [-0.39, 0.29) is 0 Å². The molecule has 5 heteroatoms. The first kappa shape index (κ1) is 14.9. The number of anilines is 2. The van der Waals surface area contributed by atoms with E-state index >= 15 is 0 Å². The first-order chi connectivity index (χ1) is 10.8. The Morgan fingerprint density at radius 3 is 2.95 bits per heavy atom. The summed E-state index contributed by atoms with van der Waals surface area (Å²) in [4.78, 5) is 13.2. The van der Waals surface area contributed by atoms with Gasteiger partial charge in [0.1, 0.15) is 0 Å². The number of nitrogens with one attached hydrogen (secondary N) is 1. The maximum absolute atomic E-state index is 11.3. The SMILES string of the molecule is O=CC1OCc2ccccc2N1CCNc1cccc(Cl)c1. The van der Waals surface area contributed by atoms with Crippen LogP contribution >= 0.6 is 11.6 Å².